The topological polar surface area (TPSA) is 0 Å². The Bertz CT molecular complexity index is 609. The molecule has 1 aliphatic rings. The van der Waals surface area contributed by atoms with Crippen molar-refractivity contribution >= 4 is 0 Å². The Labute approximate surface area is 128 Å². The summed E-state index contributed by atoms with van der Waals surface area (Å²) in [6, 6.07) is 10.7. The average molecular weight is 276 g/mol. The number of benzene rings is 1. The minimum Gasteiger partial charge on any atom is -0.0871 e. The first-order valence-corrected chi connectivity index (χ1v) is 7.67. The lowest BCUT2D eigenvalue weighted by Crippen LogP contribution is -2.16. The van der Waals surface area contributed by atoms with Crippen LogP contribution >= 0.6 is 0 Å². The molecule has 1 unspecified atom stereocenters. The first-order chi connectivity index (χ1) is 10.2. The number of hydrogen-bond donors (Lipinski definition) is 0. The average Bonchev–Trinajstić information content (AvgIpc) is 2.71. The van der Waals surface area contributed by atoms with Crippen LogP contribution in [-0.4, -0.2) is 0 Å². The van der Waals surface area contributed by atoms with Gasteiger partial charge in [0, 0.05) is 5.41 Å². The first-order valence-electron chi connectivity index (χ1n) is 7.67. The molecule has 108 valence electrons. The molecule has 0 saturated carbocycles. The van der Waals surface area contributed by atoms with Gasteiger partial charge in [-0.3, -0.25) is 0 Å². The molecule has 21 heavy (non-hydrogen) atoms. The zero-order valence-corrected chi connectivity index (χ0v) is 13.2. The van der Waals surface area contributed by atoms with Crippen LogP contribution < -0.4 is 0 Å². The summed E-state index contributed by atoms with van der Waals surface area (Å²) in [7, 11) is 0. The van der Waals surface area contributed by atoms with E-state index in [4.69, 9.17) is 0 Å². The summed E-state index contributed by atoms with van der Waals surface area (Å²) in [6.07, 6.45) is 18.7. The van der Waals surface area contributed by atoms with Crippen LogP contribution in [0.3, 0.4) is 0 Å². The van der Waals surface area contributed by atoms with E-state index < -0.39 is 0 Å². The van der Waals surface area contributed by atoms with Crippen molar-refractivity contribution < 1.29 is 0 Å². The van der Waals surface area contributed by atoms with Gasteiger partial charge < -0.3 is 0 Å². The molecule has 0 spiro atoms. The molecule has 0 aliphatic heterocycles. The normalized spacial score (nSPS) is 22.4. The maximum Gasteiger partial charge on any atom is 0.0295 e. The standard InChI is InChI=1S/C21H24/c1-4-11-18(12-5-2)19-13-9-10-16-21(3,17-19)20-14-7-6-8-15-20/h4,6-17H,5H2,1-3H3/b11-4-,18-12+. The van der Waals surface area contributed by atoms with Crippen LogP contribution in [-0.2, 0) is 5.41 Å². The molecule has 0 nitrogen and oxygen atoms in total. The molecule has 0 amide bonds. The van der Waals surface area contributed by atoms with Crippen molar-refractivity contribution in [3.8, 4) is 0 Å². The third-order valence-corrected chi connectivity index (χ3v) is 3.78. The molecule has 1 aromatic carbocycles. The fourth-order valence-corrected chi connectivity index (χ4v) is 2.67. The van der Waals surface area contributed by atoms with Crippen LogP contribution in [0.1, 0.15) is 32.8 Å². The first kappa shape index (κ1) is 15.3. The van der Waals surface area contributed by atoms with Crippen molar-refractivity contribution in [2.45, 2.75) is 32.6 Å². The zero-order valence-electron chi connectivity index (χ0n) is 13.2. The molecule has 0 aromatic heterocycles. The van der Waals surface area contributed by atoms with Gasteiger partial charge in [-0.2, -0.15) is 0 Å². The van der Waals surface area contributed by atoms with Gasteiger partial charge in [0.15, 0.2) is 0 Å². The summed E-state index contributed by atoms with van der Waals surface area (Å²) in [4.78, 5) is 0. The Morgan fingerprint density at radius 1 is 1.14 bits per heavy atom. The van der Waals surface area contributed by atoms with Crippen molar-refractivity contribution in [1.82, 2.24) is 0 Å². The minimum absolute atomic E-state index is 0.0749. The highest BCUT2D eigenvalue weighted by atomic mass is 14.3. The summed E-state index contributed by atoms with van der Waals surface area (Å²) in [5.74, 6) is 0. The molecule has 0 heterocycles. The fourth-order valence-electron chi connectivity index (χ4n) is 2.67. The van der Waals surface area contributed by atoms with E-state index in [2.05, 4.69) is 99.7 Å². The Morgan fingerprint density at radius 3 is 2.57 bits per heavy atom. The molecule has 0 bridgehead atoms. The van der Waals surface area contributed by atoms with Crippen molar-refractivity contribution in [3.05, 3.63) is 95.6 Å². The summed E-state index contributed by atoms with van der Waals surface area (Å²) < 4.78 is 0. The largest absolute Gasteiger partial charge is 0.0871 e. The predicted octanol–water partition coefficient (Wildman–Crippen LogP) is 5.91. The maximum atomic E-state index is 2.36. The van der Waals surface area contributed by atoms with E-state index >= 15 is 0 Å². The molecular formula is C21H24. The van der Waals surface area contributed by atoms with E-state index in [0.717, 1.165) is 6.42 Å². The third kappa shape index (κ3) is 3.72. The quantitative estimate of drug-likeness (QED) is 0.600. The van der Waals surface area contributed by atoms with Gasteiger partial charge in [0.05, 0.1) is 0 Å². The Kier molecular flexibility index (Phi) is 5.16. The minimum atomic E-state index is -0.0749. The summed E-state index contributed by atoms with van der Waals surface area (Å²) in [5.41, 5.74) is 3.82. The Morgan fingerprint density at radius 2 is 1.90 bits per heavy atom. The van der Waals surface area contributed by atoms with E-state index in [1.165, 1.54) is 16.7 Å². The van der Waals surface area contributed by atoms with Crippen LogP contribution in [0.25, 0.3) is 0 Å². The Hall–Kier alpha value is -2.08. The fraction of sp³-hybridized carbons (Fsp3) is 0.238. The molecule has 2 rings (SSSR count). The van der Waals surface area contributed by atoms with E-state index in [-0.39, 0.29) is 5.41 Å². The van der Waals surface area contributed by atoms with Gasteiger partial charge in [0.1, 0.15) is 0 Å². The maximum absolute atomic E-state index is 2.36. The van der Waals surface area contributed by atoms with Crippen molar-refractivity contribution in [2.75, 3.05) is 0 Å². The number of allylic oxidation sites excluding steroid dienone is 10. The van der Waals surface area contributed by atoms with E-state index in [0.29, 0.717) is 0 Å². The second kappa shape index (κ2) is 7.08. The number of rotatable bonds is 4. The van der Waals surface area contributed by atoms with Crippen LogP contribution in [0.2, 0.25) is 0 Å². The second-order valence-corrected chi connectivity index (χ2v) is 5.53. The highest BCUT2D eigenvalue weighted by Crippen LogP contribution is 2.32. The second-order valence-electron chi connectivity index (χ2n) is 5.53. The predicted molar refractivity (Wildman–Crippen MR) is 93.3 cm³/mol. The molecule has 0 heteroatoms. The van der Waals surface area contributed by atoms with Crippen LogP contribution in [0, 0.1) is 0 Å². The molecule has 0 fully saturated rings. The van der Waals surface area contributed by atoms with Crippen molar-refractivity contribution in [2.24, 2.45) is 0 Å². The molecule has 1 aliphatic carbocycles. The van der Waals surface area contributed by atoms with E-state index in [1.54, 1.807) is 0 Å². The van der Waals surface area contributed by atoms with Gasteiger partial charge in [-0.15, -0.1) is 0 Å². The van der Waals surface area contributed by atoms with Crippen molar-refractivity contribution in [3.63, 3.8) is 0 Å². The van der Waals surface area contributed by atoms with Crippen LogP contribution in [0.15, 0.2) is 90.1 Å². The molecule has 1 aromatic rings. The van der Waals surface area contributed by atoms with E-state index in [9.17, 15) is 0 Å². The summed E-state index contributed by atoms with van der Waals surface area (Å²) in [5, 5.41) is 0. The lowest BCUT2D eigenvalue weighted by atomic mass is 9.80. The number of hydrogen-bond acceptors (Lipinski definition) is 0. The highest BCUT2D eigenvalue weighted by Gasteiger charge is 2.22. The molecule has 0 saturated heterocycles. The van der Waals surface area contributed by atoms with Gasteiger partial charge in [-0.1, -0.05) is 85.9 Å². The SMILES string of the molecule is C/C=C\C(=C/CC)C1=CC(C)(c2ccccc2)C=CC=C1. The molecular weight excluding hydrogens is 252 g/mol. The highest BCUT2D eigenvalue weighted by molar-refractivity contribution is 5.53. The molecule has 0 N–H and O–H groups in total. The summed E-state index contributed by atoms with van der Waals surface area (Å²) in [6.45, 7) is 6.52. The lowest BCUT2D eigenvalue weighted by Gasteiger charge is -2.23. The Balaban J connectivity index is 2.49. The van der Waals surface area contributed by atoms with Crippen LogP contribution in [0.5, 0.6) is 0 Å². The third-order valence-electron chi connectivity index (χ3n) is 3.78. The van der Waals surface area contributed by atoms with Gasteiger partial charge in [-0.25, -0.2) is 0 Å². The van der Waals surface area contributed by atoms with Gasteiger partial charge in [0.2, 0.25) is 0 Å². The monoisotopic (exact) mass is 276 g/mol. The van der Waals surface area contributed by atoms with E-state index in [1.807, 2.05) is 0 Å². The van der Waals surface area contributed by atoms with Crippen molar-refractivity contribution in [1.29, 1.82) is 0 Å². The van der Waals surface area contributed by atoms with Gasteiger partial charge >= 0.3 is 0 Å². The van der Waals surface area contributed by atoms with Crippen LogP contribution in [0.4, 0.5) is 0 Å². The van der Waals surface area contributed by atoms with Gasteiger partial charge in [-0.05, 0) is 37.0 Å². The zero-order chi connectivity index (χ0) is 15.1. The summed E-state index contributed by atoms with van der Waals surface area (Å²) >= 11 is 0. The molecule has 1 atom stereocenters. The van der Waals surface area contributed by atoms with Gasteiger partial charge in [0.25, 0.3) is 0 Å². The lowest BCUT2D eigenvalue weighted by molar-refractivity contribution is 0.755. The smallest absolute Gasteiger partial charge is 0.0295 e. The molecule has 0 radical (unpaired) electrons.